The Kier molecular flexibility index (Phi) is 9.60. The molecule has 16 heteroatoms. The average Bonchev–Trinajstić information content (AvgIpc) is 3.59. The standard InChI is InChI=1S/C29H25ClF3N7O4S/c1-17-3-4-18(14-43-2)24(11-17)40-26(41)15-45-28(40)37-27(42)36-19-5-10-23(22(30)12-19)34-13-25-35-16-39(38-25)20-6-8-21(9-7-20)44-29(31,32)33/h3-12,16,34H,13-15H2,1-2H3,(H,36,42). The van der Waals surface area contributed by atoms with E-state index in [-0.39, 0.29) is 29.1 Å². The quantitative estimate of drug-likeness (QED) is 0.207. The lowest BCUT2D eigenvalue weighted by Gasteiger charge is -2.20. The van der Waals surface area contributed by atoms with Crippen LogP contribution in [0, 0.1) is 6.92 Å². The van der Waals surface area contributed by atoms with E-state index in [0.29, 0.717) is 40.2 Å². The number of methoxy groups -OCH3 is 1. The summed E-state index contributed by atoms with van der Waals surface area (Å²) in [6, 6.07) is 15.0. The van der Waals surface area contributed by atoms with Gasteiger partial charge in [0.2, 0.25) is 5.91 Å². The highest BCUT2D eigenvalue weighted by molar-refractivity contribution is 8.15. The van der Waals surface area contributed by atoms with E-state index in [1.165, 1.54) is 51.9 Å². The van der Waals surface area contributed by atoms with Gasteiger partial charge >= 0.3 is 12.4 Å². The minimum Gasteiger partial charge on any atom is -0.406 e. The molecule has 0 radical (unpaired) electrons. The number of nitrogens with zero attached hydrogens (tertiary/aromatic N) is 5. The summed E-state index contributed by atoms with van der Waals surface area (Å²) in [4.78, 5) is 35.4. The monoisotopic (exact) mass is 659 g/mol. The van der Waals surface area contributed by atoms with Crippen molar-refractivity contribution in [1.29, 1.82) is 0 Å². The zero-order valence-corrected chi connectivity index (χ0v) is 25.3. The van der Waals surface area contributed by atoms with Gasteiger partial charge in [0.25, 0.3) is 0 Å². The highest BCUT2D eigenvalue weighted by Crippen LogP contribution is 2.32. The maximum absolute atomic E-state index is 12.8. The first-order valence-electron chi connectivity index (χ1n) is 13.2. The highest BCUT2D eigenvalue weighted by Gasteiger charge is 2.32. The van der Waals surface area contributed by atoms with Gasteiger partial charge in [-0.05, 0) is 61.0 Å². The summed E-state index contributed by atoms with van der Waals surface area (Å²) in [7, 11) is 1.56. The Labute approximate surface area is 264 Å². The molecule has 45 heavy (non-hydrogen) atoms. The van der Waals surface area contributed by atoms with E-state index >= 15 is 0 Å². The van der Waals surface area contributed by atoms with Crippen LogP contribution >= 0.6 is 23.4 Å². The third-order valence-corrected chi connectivity index (χ3v) is 7.51. The van der Waals surface area contributed by atoms with Crippen molar-refractivity contribution in [2.75, 3.05) is 28.4 Å². The molecule has 0 spiro atoms. The van der Waals surface area contributed by atoms with Crippen molar-refractivity contribution in [1.82, 2.24) is 14.8 Å². The number of amidine groups is 1. The molecule has 4 aromatic rings. The molecule has 0 aliphatic carbocycles. The lowest BCUT2D eigenvalue weighted by Crippen LogP contribution is -2.31. The molecule has 0 atom stereocenters. The molecule has 1 aliphatic heterocycles. The lowest BCUT2D eigenvalue weighted by molar-refractivity contribution is -0.274. The summed E-state index contributed by atoms with van der Waals surface area (Å²) in [6.45, 7) is 2.39. The number of nitrogens with one attached hydrogen (secondary N) is 2. The van der Waals surface area contributed by atoms with Crippen LogP contribution in [0.15, 0.2) is 72.0 Å². The minimum absolute atomic E-state index is 0.148. The largest absolute Gasteiger partial charge is 0.573 e. The lowest BCUT2D eigenvalue weighted by atomic mass is 10.1. The van der Waals surface area contributed by atoms with E-state index in [4.69, 9.17) is 16.3 Å². The van der Waals surface area contributed by atoms with E-state index in [9.17, 15) is 22.8 Å². The summed E-state index contributed by atoms with van der Waals surface area (Å²) in [5.41, 5.74) is 3.76. The van der Waals surface area contributed by atoms with Crippen LogP contribution in [0.1, 0.15) is 17.0 Å². The van der Waals surface area contributed by atoms with Gasteiger partial charge in [-0.3, -0.25) is 9.69 Å². The number of aromatic nitrogens is 3. The van der Waals surface area contributed by atoms with Gasteiger partial charge < -0.3 is 20.1 Å². The summed E-state index contributed by atoms with van der Waals surface area (Å²) in [6.07, 6.45) is -3.35. The van der Waals surface area contributed by atoms with Crippen LogP contribution in [0.2, 0.25) is 5.02 Å². The van der Waals surface area contributed by atoms with Crippen LogP contribution in [0.5, 0.6) is 5.75 Å². The van der Waals surface area contributed by atoms with Gasteiger partial charge in [0.05, 0.1) is 41.0 Å². The molecule has 0 unspecified atom stereocenters. The molecule has 1 saturated heterocycles. The molecule has 1 fully saturated rings. The maximum Gasteiger partial charge on any atom is 0.573 e. The molecule has 1 aliphatic rings. The number of benzene rings is 3. The summed E-state index contributed by atoms with van der Waals surface area (Å²) in [5, 5.41) is 10.6. The molecule has 3 aromatic carbocycles. The van der Waals surface area contributed by atoms with Crippen molar-refractivity contribution in [3.63, 3.8) is 0 Å². The average molecular weight is 660 g/mol. The van der Waals surface area contributed by atoms with Crippen LogP contribution in [-0.2, 0) is 22.7 Å². The number of hydrogen-bond acceptors (Lipinski definition) is 8. The molecule has 0 bridgehead atoms. The van der Waals surface area contributed by atoms with Crippen molar-refractivity contribution in [3.8, 4) is 11.4 Å². The molecule has 2 N–H and O–H groups in total. The summed E-state index contributed by atoms with van der Waals surface area (Å²) >= 11 is 7.61. The van der Waals surface area contributed by atoms with Gasteiger partial charge in [0.15, 0.2) is 11.0 Å². The Bertz CT molecular complexity index is 1750. The summed E-state index contributed by atoms with van der Waals surface area (Å²) < 4.78 is 47.7. The Morgan fingerprint density at radius 3 is 2.62 bits per heavy atom. The molecule has 5 rings (SSSR count). The van der Waals surface area contributed by atoms with E-state index in [2.05, 4.69) is 30.4 Å². The number of halogens is 4. The fourth-order valence-electron chi connectivity index (χ4n) is 4.29. The molecule has 1 aromatic heterocycles. The fraction of sp³-hybridized carbons (Fsp3) is 0.207. The number of aliphatic imine (C=N–C) groups is 1. The number of aryl methyl sites for hydroxylation is 1. The number of anilines is 3. The van der Waals surface area contributed by atoms with Crippen LogP contribution in [-0.4, -0.2) is 51.1 Å². The third kappa shape index (κ3) is 8.12. The SMILES string of the molecule is COCc1ccc(C)cc1N1C(=O)CSC1=NC(=O)Nc1ccc(NCc2ncn(-c3ccc(OC(F)(F)F)cc3)n2)c(Cl)c1. The smallest absolute Gasteiger partial charge is 0.406 e. The number of carbonyl (C=O) groups excluding carboxylic acids is 2. The molecular weight excluding hydrogens is 635 g/mol. The number of thioether (sulfide) groups is 1. The topological polar surface area (TPSA) is 123 Å². The second-order valence-corrected chi connectivity index (χ2v) is 11.0. The van der Waals surface area contributed by atoms with Crippen molar-refractivity contribution >= 4 is 57.5 Å². The zero-order valence-electron chi connectivity index (χ0n) is 23.8. The first-order valence-corrected chi connectivity index (χ1v) is 14.6. The second kappa shape index (κ2) is 13.6. The predicted octanol–water partition coefficient (Wildman–Crippen LogP) is 6.55. The van der Waals surface area contributed by atoms with Gasteiger partial charge in [0.1, 0.15) is 12.1 Å². The molecule has 11 nitrogen and oxygen atoms in total. The van der Waals surface area contributed by atoms with Crippen LogP contribution in [0.3, 0.4) is 0 Å². The number of alkyl halides is 3. The molecule has 3 amide bonds. The van der Waals surface area contributed by atoms with Gasteiger partial charge in [-0.25, -0.2) is 14.5 Å². The molecular formula is C29H25ClF3N7O4S. The van der Waals surface area contributed by atoms with E-state index in [0.717, 1.165) is 11.1 Å². The van der Waals surface area contributed by atoms with Crippen molar-refractivity contribution in [3.05, 3.63) is 89.0 Å². The fourth-order valence-corrected chi connectivity index (χ4v) is 5.40. The number of amides is 3. The van der Waals surface area contributed by atoms with Crippen LogP contribution in [0.4, 0.5) is 35.0 Å². The van der Waals surface area contributed by atoms with Gasteiger partial charge in [-0.15, -0.1) is 18.3 Å². The predicted molar refractivity (Wildman–Crippen MR) is 165 cm³/mol. The molecule has 234 valence electrons. The number of ether oxygens (including phenoxy) is 2. The van der Waals surface area contributed by atoms with Gasteiger partial charge in [-0.2, -0.15) is 4.99 Å². The first kappa shape index (κ1) is 31.8. The van der Waals surface area contributed by atoms with Crippen molar-refractivity contribution in [2.24, 2.45) is 4.99 Å². The van der Waals surface area contributed by atoms with Gasteiger partial charge in [0, 0.05) is 18.4 Å². The van der Waals surface area contributed by atoms with E-state index in [1.807, 2.05) is 25.1 Å². The Hall–Kier alpha value is -4.60. The number of urea groups is 1. The van der Waals surface area contributed by atoms with E-state index in [1.54, 1.807) is 25.3 Å². The van der Waals surface area contributed by atoms with Crippen molar-refractivity contribution in [2.45, 2.75) is 26.4 Å². The first-order chi connectivity index (χ1) is 21.5. The number of rotatable bonds is 9. The second-order valence-electron chi connectivity index (χ2n) is 9.60. The Morgan fingerprint density at radius 2 is 1.91 bits per heavy atom. The third-order valence-electron chi connectivity index (χ3n) is 6.28. The Balaban J connectivity index is 1.21. The van der Waals surface area contributed by atoms with Gasteiger partial charge in [-0.1, -0.05) is 35.5 Å². The molecule has 0 saturated carbocycles. The number of hydrogen-bond donors (Lipinski definition) is 2. The normalized spacial score (nSPS) is 14.2. The maximum atomic E-state index is 12.8. The highest BCUT2D eigenvalue weighted by atomic mass is 35.5. The molecule has 2 heterocycles. The minimum atomic E-state index is -4.78. The Morgan fingerprint density at radius 1 is 1.13 bits per heavy atom. The number of carbonyl (C=O) groups is 2. The van der Waals surface area contributed by atoms with Crippen LogP contribution < -0.4 is 20.3 Å². The zero-order chi connectivity index (χ0) is 32.1. The van der Waals surface area contributed by atoms with Crippen molar-refractivity contribution < 1.29 is 32.2 Å². The van der Waals surface area contributed by atoms with Crippen LogP contribution in [0.25, 0.3) is 5.69 Å². The summed E-state index contributed by atoms with van der Waals surface area (Å²) in [5.74, 6) is 0.00363. The van der Waals surface area contributed by atoms with E-state index < -0.39 is 12.4 Å².